The Balaban J connectivity index is 2.16. The Bertz CT molecular complexity index is 471. The number of aromatic hydroxyl groups is 1. The molecule has 1 aromatic heterocycles. The van der Waals surface area contributed by atoms with Crippen LogP contribution >= 0.6 is 0 Å². The summed E-state index contributed by atoms with van der Waals surface area (Å²) in [6.07, 6.45) is 1.42. The first-order valence-electron chi connectivity index (χ1n) is 4.74. The Morgan fingerprint density at radius 3 is 2.62 bits per heavy atom. The predicted octanol–water partition coefficient (Wildman–Crippen LogP) is 2.02. The van der Waals surface area contributed by atoms with E-state index in [9.17, 15) is 0 Å². The van der Waals surface area contributed by atoms with Crippen molar-refractivity contribution in [2.75, 3.05) is 12.4 Å². The summed E-state index contributed by atoms with van der Waals surface area (Å²) in [5.41, 5.74) is 0. The zero-order chi connectivity index (χ0) is 11.4. The van der Waals surface area contributed by atoms with Gasteiger partial charge in [-0.3, -0.25) is 0 Å². The highest BCUT2D eigenvalue weighted by atomic mass is 16.5. The second-order valence-electron chi connectivity index (χ2n) is 3.09. The van der Waals surface area contributed by atoms with Crippen LogP contribution in [0.15, 0.2) is 36.7 Å². The summed E-state index contributed by atoms with van der Waals surface area (Å²) in [5.74, 6) is 1.94. The van der Waals surface area contributed by atoms with Gasteiger partial charge >= 0.3 is 0 Å². The van der Waals surface area contributed by atoms with Crippen molar-refractivity contribution < 1.29 is 9.84 Å². The van der Waals surface area contributed by atoms with E-state index in [4.69, 9.17) is 9.84 Å². The van der Waals surface area contributed by atoms with E-state index in [0.29, 0.717) is 17.4 Å². The van der Waals surface area contributed by atoms with E-state index in [1.165, 1.54) is 6.33 Å². The lowest BCUT2D eigenvalue weighted by atomic mass is 10.3. The maximum atomic E-state index is 9.11. The van der Waals surface area contributed by atoms with Crippen molar-refractivity contribution in [1.82, 2.24) is 9.97 Å². The first-order valence-corrected chi connectivity index (χ1v) is 4.74. The molecule has 0 aliphatic carbocycles. The third-order valence-electron chi connectivity index (χ3n) is 1.96. The number of phenols is 1. The number of ether oxygens (including phenoxy) is 1. The molecule has 5 heteroatoms. The van der Waals surface area contributed by atoms with Gasteiger partial charge in [-0.2, -0.15) is 0 Å². The van der Waals surface area contributed by atoms with Gasteiger partial charge in [0.1, 0.15) is 23.6 Å². The minimum Gasteiger partial charge on any atom is -0.508 e. The number of benzene rings is 1. The number of hydrogen-bond donors (Lipinski definition) is 2. The van der Waals surface area contributed by atoms with Crippen LogP contribution in [-0.4, -0.2) is 22.1 Å². The first kappa shape index (κ1) is 10.2. The van der Waals surface area contributed by atoms with Crippen LogP contribution in [0.25, 0.3) is 0 Å². The number of nitrogens with zero attached hydrogens (tertiary/aromatic N) is 2. The van der Waals surface area contributed by atoms with Gasteiger partial charge < -0.3 is 15.2 Å². The van der Waals surface area contributed by atoms with E-state index in [2.05, 4.69) is 15.3 Å². The van der Waals surface area contributed by atoms with Crippen LogP contribution in [0.5, 0.6) is 17.4 Å². The van der Waals surface area contributed by atoms with Gasteiger partial charge in [-0.25, -0.2) is 9.97 Å². The number of nitrogens with one attached hydrogen (secondary N) is 1. The Kier molecular flexibility index (Phi) is 2.86. The Hall–Kier alpha value is -2.30. The van der Waals surface area contributed by atoms with Crippen molar-refractivity contribution >= 4 is 5.82 Å². The molecule has 0 fully saturated rings. The van der Waals surface area contributed by atoms with E-state index in [0.717, 1.165) is 0 Å². The predicted molar refractivity (Wildman–Crippen MR) is 59.8 cm³/mol. The summed E-state index contributed by atoms with van der Waals surface area (Å²) in [6.45, 7) is 0. The molecule has 0 unspecified atom stereocenters. The van der Waals surface area contributed by atoms with Gasteiger partial charge in [-0.05, 0) is 24.3 Å². The van der Waals surface area contributed by atoms with Gasteiger partial charge in [0.05, 0.1) is 0 Å². The average Bonchev–Trinajstić information content (AvgIpc) is 2.32. The maximum absolute atomic E-state index is 9.11. The van der Waals surface area contributed by atoms with Crippen LogP contribution in [0.3, 0.4) is 0 Å². The van der Waals surface area contributed by atoms with Gasteiger partial charge in [0.25, 0.3) is 0 Å². The van der Waals surface area contributed by atoms with Gasteiger partial charge in [-0.15, -0.1) is 0 Å². The summed E-state index contributed by atoms with van der Waals surface area (Å²) in [4.78, 5) is 7.94. The molecular weight excluding hydrogens is 206 g/mol. The zero-order valence-corrected chi connectivity index (χ0v) is 8.71. The molecule has 1 aromatic carbocycles. The quantitative estimate of drug-likeness (QED) is 0.823. The molecule has 0 amide bonds. The largest absolute Gasteiger partial charge is 0.508 e. The van der Waals surface area contributed by atoms with Crippen molar-refractivity contribution in [3.8, 4) is 17.4 Å². The normalized spacial score (nSPS) is 9.81. The second-order valence-corrected chi connectivity index (χ2v) is 3.09. The standard InChI is InChI=1S/C11H11N3O2/c1-12-10-6-11(14-7-13-10)16-9-4-2-8(15)3-5-9/h2-7,15H,1H3,(H,12,13,14). The zero-order valence-electron chi connectivity index (χ0n) is 8.71. The van der Waals surface area contributed by atoms with Crippen molar-refractivity contribution in [2.45, 2.75) is 0 Å². The summed E-state index contributed by atoms with van der Waals surface area (Å²) in [5, 5.41) is 12.0. The van der Waals surface area contributed by atoms with Crippen molar-refractivity contribution in [2.24, 2.45) is 0 Å². The Morgan fingerprint density at radius 2 is 1.94 bits per heavy atom. The van der Waals surface area contributed by atoms with E-state index < -0.39 is 0 Å². The molecule has 5 nitrogen and oxygen atoms in total. The lowest BCUT2D eigenvalue weighted by Crippen LogP contribution is -1.94. The molecular formula is C11H11N3O2. The van der Waals surface area contributed by atoms with E-state index in [1.807, 2.05) is 0 Å². The number of anilines is 1. The molecule has 0 bridgehead atoms. The summed E-state index contributed by atoms with van der Waals surface area (Å²) in [7, 11) is 1.77. The molecule has 1 heterocycles. The highest BCUT2D eigenvalue weighted by molar-refractivity contribution is 5.38. The van der Waals surface area contributed by atoms with Gasteiger partial charge in [0.15, 0.2) is 0 Å². The maximum Gasteiger partial charge on any atom is 0.224 e. The van der Waals surface area contributed by atoms with Gasteiger partial charge in [0.2, 0.25) is 5.88 Å². The first-order chi connectivity index (χ1) is 7.78. The molecule has 0 saturated heterocycles. The van der Waals surface area contributed by atoms with E-state index in [1.54, 1.807) is 37.4 Å². The molecule has 0 atom stereocenters. The van der Waals surface area contributed by atoms with E-state index >= 15 is 0 Å². The molecule has 0 aliphatic rings. The lowest BCUT2D eigenvalue weighted by molar-refractivity contribution is 0.453. The van der Waals surface area contributed by atoms with Crippen molar-refractivity contribution in [3.63, 3.8) is 0 Å². The Labute approximate surface area is 92.8 Å². The summed E-state index contributed by atoms with van der Waals surface area (Å²) in [6, 6.07) is 8.12. The molecule has 0 aliphatic heterocycles. The van der Waals surface area contributed by atoms with Crippen molar-refractivity contribution in [3.05, 3.63) is 36.7 Å². The number of phenolic OH excluding ortho intramolecular Hbond substituents is 1. The highest BCUT2D eigenvalue weighted by Crippen LogP contribution is 2.22. The third kappa shape index (κ3) is 2.38. The summed E-state index contributed by atoms with van der Waals surface area (Å²) >= 11 is 0. The molecule has 2 aromatic rings. The molecule has 0 spiro atoms. The monoisotopic (exact) mass is 217 g/mol. The number of rotatable bonds is 3. The lowest BCUT2D eigenvalue weighted by Gasteiger charge is -2.05. The molecule has 2 rings (SSSR count). The van der Waals surface area contributed by atoms with E-state index in [-0.39, 0.29) is 5.75 Å². The van der Waals surface area contributed by atoms with Crippen LogP contribution in [0.1, 0.15) is 0 Å². The fourth-order valence-corrected chi connectivity index (χ4v) is 1.17. The van der Waals surface area contributed by atoms with Crippen LogP contribution in [0.4, 0.5) is 5.82 Å². The SMILES string of the molecule is CNc1cc(Oc2ccc(O)cc2)ncn1. The topological polar surface area (TPSA) is 67.3 Å². The third-order valence-corrected chi connectivity index (χ3v) is 1.96. The molecule has 16 heavy (non-hydrogen) atoms. The van der Waals surface area contributed by atoms with Crippen LogP contribution in [0.2, 0.25) is 0 Å². The number of hydrogen-bond acceptors (Lipinski definition) is 5. The average molecular weight is 217 g/mol. The highest BCUT2D eigenvalue weighted by Gasteiger charge is 2.00. The molecule has 82 valence electrons. The summed E-state index contributed by atoms with van der Waals surface area (Å²) < 4.78 is 5.47. The Morgan fingerprint density at radius 1 is 1.19 bits per heavy atom. The second kappa shape index (κ2) is 4.48. The molecule has 0 saturated carbocycles. The van der Waals surface area contributed by atoms with Crippen LogP contribution in [0, 0.1) is 0 Å². The smallest absolute Gasteiger partial charge is 0.224 e. The van der Waals surface area contributed by atoms with Crippen molar-refractivity contribution in [1.29, 1.82) is 0 Å². The molecule has 0 radical (unpaired) electrons. The van der Waals surface area contributed by atoms with Gasteiger partial charge in [-0.1, -0.05) is 0 Å². The number of aromatic nitrogens is 2. The fraction of sp³-hybridized carbons (Fsp3) is 0.0909. The molecule has 2 N–H and O–H groups in total. The van der Waals surface area contributed by atoms with Crippen LogP contribution in [-0.2, 0) is 0 Å². The van der Waals surface area contributed by atoms with Crippen LogP contribution < -0.4 is 10.1 Å². The minimum atomic E-state index is 0.200. The fourth-order valence-electron chi connectivity index (χ4n) is 1.17. The minimum absolute atomic E-state index is 0.200. The van der Waals surface area contributed by atoms with Gasteiger partial charge in [0, 0.05) is 13.1 Å².